The minimum atomic E-state index is -1.36. The van der Waals surface area contributed by atoms with Gasteiger partial charge in [0.25, 0.3) is 5.69 Å². The second kappa shape index (κ2) is 4.10. The molecule has 7 nitrogen and oxygen atoms in total. The number of carboxylic acid groups (broad SMARTS) is 1. The molecule has 1 heterocycles. The molecule has 2 rings (SSSR count). The molecule has 1 aliphatic rings. The molecule has 0 unspecified atom stereocenters. The Bertz CT molecular complexity index is 537. The van der Waals surface area contributed by atoms with E-state index in [4.69, 9.17) is 9.94 Å². The van der Waals surface area contributed by atoms with Crippen LogP contribution < -0.4 is 0 Å². The van der Waals surface area contributed by atoms with Crippen LogP contribution in [-0.4, -0.2) is 27.3 Å². The highest BCUT2D eigenvalue weighted by Gasteiger charge is 2.42. The molecule has 1 aromatic carbocycles. The first kappa shape index (κ1) is 12.0. The van der Waals surface area contributed by atoms with Crippen LogP contribution in [0.4, 0.5) is 5.69 Å². The van der Waals surface area contributed by atoms with Gasteiger partial charge in [0.1, 0.15) is 0 Å². The second-order valence-corrected chi connectivity index (χ2v) is 4.15. The summed E-state index contributed by atoms with van der Waals surface area (Å²) < 4.78 is 0. The van der Waals surface area contributed by atoms with Crippen LogP contribution in [0, 0.1) is 10.1 Å². The van der Waals surface area contributed by atoms with Gasteiger partial charge in [-0.05, 0) is 24.6 Å². The summed E-state index contributed by atoms with van der Waals surface area (Å²) in [6.07, 6.45) is 0.125. The molecule has 0 fully saturated rings. The predicted molar refractivity (Wildman–Crippen MR) is 61.4 cm³/mol. The van der Waals surface area contributed by atoms with E-state index in [2.05, 4.69) is 5.16 Å². The molecule has 7 heteroatoms. The Morgan fingerprint density at radius 2 is 2.11 bits per heavy atom. The van der Waals surface area contributed by atoms with Crippen molar-refractivity contribution in [3.8, 4) is 0 Å². The molecule has 0 bridgehead atoms. The Labute approximate surface area is 102 Å². The maximum absolute atomic E-state index is 11.0. The molecule has 0 radical (unpaired) electrons. The number of oxime groups is 1. The van der Waals surface area contributed by atoms with Crippen molar-refractivity contribution in [2.45, 2.75) is 18.9 Å². The molecule has 1 aromatic rings. The lowest BCUT2D eigenvalue weighted by molar-refractivity contribution is -0.384. The van der Waals surface area contributed by atoms with Gasteiger partial charge in [0.2, 0.25) is 5.60 Å². The van der Waals surface area contributed by atoms with Gasteiger partial charge in [-0.1, -0.05) is 5.16 Å². The number of benzene rings is 1. The van der Waals surface area contributed by atoms with Crippen LogP contribution in [0.3, 0.4) is 0 Å². The zero-order valence-electron chi connectivity index (χ0n) is 9.49. The summed E-state index contributed by atoms with van der Waals surface area (Å²) in [4.78, 5) is 25.9. The maximum Gasteiger partial charge on any atom is 0.351 e. The molecule has 1 aliphatic heterocycles. The van der Waals surface area contributed by atoms with E-state index < -0.39 is 16.5 Å². The number of rotatable bonds is 3. The largest absolute Gasteiger partial charge is 0.478 e. The van der Waals surface area contributed by atoms with Gasteiger partial charge >= 0.3 is 5.97 Å². The highest BCUT2D eigenvalue weighted by Crippen LogP contribution is 2.27. The van der Waals surface area contributed by atoms with Crippen LogP contribution in [0.5, 0.6) is 0 Å². The molecule has 0 saturated carbocycles. The van der Waals surface area contributed by atoms with Crippen molar-refractivity contribution in [2.75, 3.05) is 0 Å². The normalized spacial score (nSPS) is 22.2. The summed E-state index contributed by atoms with van der Waals surface area (Å²) in [5, 5.41) is 23.2. The van der Waals surface area contributed by atoms with Crippen molar-refractivity contribution in [1.82, 2.24) is 0 Å². The average Bonchev–Trinajstić information content (AvgIpc) is 2.73. The summed E-state index contributed by atoms with van der Waals surface area (Å²) in [5.41, 5.74) is -0.309. The van der Waals surface area contributed by atoms with Gasteiger partial charge in [0, 0.05) is 18.6 Å². The van der Waals surface area contributed by atoms with Crippen molar-refractivity contribution in [3.63, 3.8) is 0 Å². The number of nitro groups is 1. The lowest BCUT2D eigenvalue weighted by atomic mass is 9.96. The fourth-order valence-electron chi connectivity index (χ4n) is 1.58. The van der Waals surface area contributed by atoms with Crippen LogP contribution in [0.25, 0.3) is 0 Å². The number of non-ortho nitro benzene ring substituents is 1. The Kier molecular flexibility index (Phi) is 2.74. The topological polar surface area (TPSA) is 102 Å². The molecule has 0 aliphatic carbocycles. The van der Waals surface area contributed by atoms with Crippen LogP contribution in [0.2, 0.25) is 0 Å². The number of aliphatic carboxylic acids is 1. The second-order valence-electron chi connectivity index (χ2n) is 4.15. The highest BCUT2D eigenvalue weighted by atomic mass is 16.7. The van der Waals surface area contributed by atoms with Crippen LogP contribution >= 0.6 is 0 Å². The molecule has 1 atom stereocenters. The zero-order chi connectivity index (χ0) is 13.3. The van der Waals surface area contributed by atoms with Gasteiger partial charge in [0.05, 0.1) is 10.6 Å². The van der Waals surface area contributed by atoms with Crippen molar-refractivity contribution in [2.24, 2.45) is 5.16 Å². The molecule has 1 N–H and O–H groups in total. The third-order valence-corrected chi connectivity index (χ3v) is 2.73. The third kappa shape index (κ3) is 2.02. The smallest absolute Gasteiger partial charge is 0.351 e. The summed E-state index contributed by atoms with van der Waals surface area (Å²) in [6, 6.07) is 5.73. The lowest BCUT2D eigenvalue weighted by Crippen LogP contribution is -2.35. The van der Waals surface area contributed by atoms with Crippen molar-refractivity contribution >= 4 is 17.4 Å². The van der Waals surface area contributed by atoms with Crippen LogP contribution in [0.1, 0.15) is 18.9 Å². The van der Waals surface area contributed by atoms with Gasteiger partial charge in [-0.2, -0.15) is 0 Å². The maximum atomic E-state index is 11.0. The summed E-state index contributed by atoms with van der Waals surface area (Å²) in [7, 11) is 0. The molecule has 18 heavy (non-hydrogen) atoms. The lowest BCUT2D eigenvalue weighted by Gasteiger charge is -2.14. The van der Waals surface area contributed by atoms with Crippen molar-refractivity contribution in [1.29, 1.82) is 0 Å². The van der Waals surface area contributed by atoms with E-state index in [0.29, 0.717) is 11.3 Å². The Morgan fingerprint density at radius 1 is 1.50 bits per heavy atom. The number of nitro benzene ring substituents is 1. The van der Waals surface area contributed by atoms with E-state index in [1.54, 1.807) is 0 Å². The zero-order valence-corrected chi connectivity index (χ0v) is 9.49. The first-order chi connectivity index (χ1) is 8.42. The van der Waals surface area contributed by atoms with Gasteiger partial charge in [-0.25, -0.2) is 4.79 Å². The first-order valence-electron chi connectivity index (χ1n) is 5.16. The van der Waals surface area contributed by atoms with Gasteiger partial charge in [-0.3, -0.25) is 10.1 Å². The van der Waals surface area contributed by atoms with Crippen LogP contribution in [-0.2, 0) is 9.63 Å². The standard InChI is InChI=1S/C11H10N2O5/c1-11(10(14)15)6-9(12-18-11)7-2-4-8(5-3-7)13(16)17/h2-5H,6H2,1H3,(H,14,15)/t11-/m1/s1. The van der Waals surface area contributed by atoms with Crippen LogP contribution in [0.15, 0.2) is 29.4 Å². The number of carbonyl (C=O) groups is 1. The number of nitrogens with zero attached hydrogens (tertiary/aromatic N) is 2. The highest BCUT2D eigenvalue weighted by molar-refractivity contribution is 6.04. The molecule has 0 aromatic heterocycles. The molecular weight excluding hydrogens is 240 g/mol. The molecule has 0 amide bonds. The fourth-order valence-corrected chi connectivity index (χ4v) is 1.58. The number of hydrogen-bond donors (Lipinski definition) is 1. The Hall–Kier alpha value is -2.44. The summed E-state index contributed by atoms with van der Waals surface area (Å²) >= 11 is 0. The molecule has 0 saturated heterocycles. The van der Waals surface area contributed by atoms with E-state index in [1.807, 2.05) is 0 Å². The van der Waals surface area contributed by atoms with Crippen molar-refractivity contribution in [3.05, 3.63) is 39.9 Å². The number of hydrogen-bond acceptors (Lipinski definition) is 5. The fraction of sp³-hybridized carbons (Fsp3) is 0.273. The quantitative estimate of drug-likeness (QED) is 0.647. The molecule has 0 spiro atoms. The van der Waals surface area contributed by atoms with E-state index in [9.17, 15) is 14.9 Å². The first-order valence-corrected chi connectivity index (χ1v) is 5.16. The Balaban J connectivity index is 2.20. The van der Waals surface area contributed by atoms with E-state index >= 15 is 0 Å². The van der Waals surface area contributed by atoms with Crippen molar-refractivity contribution < 1.29 is 19.7 Å². The van der Waals surface area contributed by atoms with Gasteiger partial charge < -0.3 is 9.94 Å². The summed E-state index contributed by atoms with van der Waals surface area (Å²) in [5.74, 6) is -1.09. The van der Waals surface area contributed by atoms with Gasteiger partial charge in [0.15, 0.2) is 0 Å². The van der Waals surface area contributed by atoms with E-state index in [-0.39, 0.29) is 12.1 Å². The number of carboxylic acids is 1. The molecular formula is C11H10N2O5. The SMILES string of the molecule is C[C@]1(C(=O)O)CC(c2ccc([N+](=O)[O-])cc2)=NO1. The van der Waals surface area contributed by atoms with Gasteiger partial charge in [-0.15, -0.1) is 0 Å². The Morgan fingerprint density at radius 3 is 2.56 bits per heavy atom. The van der Waals surface area contributed by atoms with E-state index in [1.165, 1.54) is 31.2 Å². The average molecular weight is 250 g/mol. The molecule has 94 valence electrons. The minimum absolute atomic E-state index is 0.0285. The van der Waals surface area contributed by atoms with E-state index in [0.717, 1.165) is 0 Å². The predicted octanol–water partition coefficient (Wildman–Crippen LogP) is 1.56. The summed E-state index contributed by atoms with van der Waals surface area (Å²) in [6.45, 7) is 1.43. The minimum Gasteiger partial charge on any atom is -0.478 e. The third-order valence-electron chi connectivity index (χ3n) is 2.73. The monoisotopic (exact) mass is 250 g/mol.